The molecule has 7 heteroatoms. The molecule has 1 atom stereocenters. The van der Waals surface area contributed by atoms with Crippen molar-refractivity contribution in [3.63, 3.8) is 0 Å². The lowest BCUT2D eigenvalue weighted by molar-refractivity contribution is 0.165. The van der Waals surface area contributed by atoms with Gasteiger partial charge >= 0.3 is 0 Å². The molecule has 0 saturated carbocycles. The van der Waals surface area contributed by atoms with Crippen LogP contribution in [0.3, 0.4) is 0 Å². The van der Waals surface area contributed by atoms with Crippen LogP contribution in [0.5, 0.6) is 0 Å². The van der Waals surface area contributed by atoms with Crippen molar-refractivity contribution >= 4 is 27.2 Å². The van der Waals surface area contributed by atoms with Gasteiger partial charge in [0.05, 0.1) is 16.8 Å². The van der Waals surface area contributed by atoms with E-state index in [2.05, 4.69) is 4.90 Å². The van der Waals surface area contributed by atoms with Crippen LogP contribution >= 0.6 is 12.2 Å². The standard InChI is InChI=1S/C12H25N3O2S2/c1-4-11(12(13)18)14-5-7-15(8-6-14)19(16,17)9-10(2)3/h10-11H,4-9H2,1-3H3,(H2,13,18). The smallest absolute Gasteiger partial charge is 0.214 e. The third kappa shape index (κ3) is 4.66. The van der Waals surface area contributed by atoms with Crippen molar-refractivity contribution in [2.24, 2.45) is 11.7 Å². The van der Waals surface area contributed by atoms with Crippen LogP contribution < -0.4 is 5.73 Å². The first-order valence-electron chi connectivity index (χ1n) is 6.79. The van der Waals surface area contributed by atoms with E-state index in [0.29, 0.717) is 31.2 Å². The number of hydrogen-bond donors (Lipinski definition) is 1. The molecule has 1 aliphatic heterocycles. The van der Waals surface area contributed by atoms with Crippen molar-refractivity contribution in [3.8, 4) is 0 Å². The molecule has 1 unspecified atom stereocenters. The van der Waals surface area contributed by atoms with E-state index in [-0.39, 0.29) is 17.7 Å². The van der Waals surface area contributed by atoms with E-state index in [0.717, 1.165) is 6.42 Å². The number of rotatable bonds is 6. The maximum atomic E-state index is 12.1. The Balaban J connectivity index is 2.60. The van der Waals surface area contributed by atoms with Gasteiger partial charge in [0.2, 0.25) is 10.0 Å². The van der Waals surface area contributed by atoms with Crippen molar-refractivity contribution in [2.75, 3.05) is 31.9 Å². The Hall–Kier alpha value is -0.240. The second kappa shape index (κ2) is 6.97. The summed E-state index contributed by atoms with van der Waals surface area (Å²) >= 11 is 5.06. The zero-order chi connectivity index (χ0) is 14.6. The van der Waals surface area contributed by atoms with E-state index < -0.39 is 10.0 Å². The molecule has 0 radical (unpaired) electrons. The molecule has 1 heterocycles. The molecule has 1 aliphatic rings. The average Bonchev–Trinajstić information content (AvgIpc) is 2.28. The van der Waals surface area contributed by atoms with Crippen molar-refractivity contribution in [2.45, 2.75) is 33.2 Å². The maximum Gasteiger partial charge on any atom is 0.214 e. The van der Waals surface area contributed by atoms with Crippen LogP contribution in [0.25, 0.3) is 0 Å². The number of nitrogens with zero attached hydrogens (tertiary/aromatic N) is 2. The SMILES string of the molecule is CCC(C(N)=S)N1CCN(S(=O)(=O)CC(C)C)CC1. The quantitative estimate of drug-likeness (QED) is 0.730. The molecule has 0 aromatic carbocycles. The van der Waals surface area contributed by atoms with Gasteiger partial charge in [-0.2, -0.15) is 4.31 Å². The maximum absolute atomic E-state index is 12.1. The monoisotopic (exact) mass is 307 g/mol. The molecule has 5 nitrogen and oxygen atoms in total. The summed E-state index contributed by atoms with van der Waals surface area (Å²) in [6.45, 7) is 8.37. The summed E-state index contributed by atoms with van der Waals surface area (Å²) in [6, 6.07) is 0.0879. The second-order valence-electron chi connectivity index (χ2n) is 5.43. The summed E-state index contributed by atoms with van der Waals surface area (Å²) in [6.07, 6.45) is 0.869. The van der Waals surface area contributed by atoms with Crippen LogP contribution in [-0.2, 0) is 10.0 Å². The number of hydrogen-bond acceptors (Lipinski definition) is 4. The Bertz CT molecular complexity index is 401. The van der Waals surface area contributed by atoms with Crippen LogP contribution in [0, 0.1) is 5.92 Å². The number of thiocarbonyl (C=S) groups is 1. The first kappa shape index (κ1) is 16.8. The van der Waals surface area contributed by atoms with Gasteiger partial charge < -0.3 is 5.73 Å². The topological polar surface area (TPSA) is 66.6 Å². The van der Waals surface area contributed by atoms with Crippen molar-refractivity contribution in [1.82, 2.24) is 9.21 Å². The highest BCUT2D eigenvalue weighted by atomic mass is 32.2. The van der Waals surface area contributed by atoms with E-state index >= 15 is 0 Å². The third-order valence-corrected chi connectivity index (χ3v) is 5.88. The van der Waals surface area contributed by atoms with Gasteiger partial charge in [-0.25, -0.2) is 8.42 Å². The first-order chi connectivity index (χ1) is 8.77. The highest BCUT2D eigenvalue weighted by Gasteiger charge is 2.30. The van der Waals surface area contributed by atoms with Crippen LogP contribution in [0.1, 0.15) is 27.2 Å². The fourth-order valence-electron chi connectivity index (χ4n) is 2.46. The van der Waals surface area contributed by atoms with E-state index in [9.17, 15) is 8.42 Å². The molecule has 2 N–H and O–H groups in total. The number of nitrogens with two attached hydrogens (primary N) is 1. The van der Waals surface area contributed by atoms with E-state index in [1.807, 2.05) is 20.8 Å². The van der Waals surface area contributed by atoms with Crippen LogP contribution in [0.4, 0.5) is 0 Å². The third-order valence-electron chi connectivity index (χ3n) is 3.37. The molecule has 1 rings (SSSR count). The van der Waals surface area contributed by atoms with Crippen LogP contribution in [0.2, 0.25) is 0 Å². The zero-order valence-corrected chi connectivity index (χ0v) is 13.6. The lowest BCUT2D eigenvalue weighted by Gasteiger charge is -2.38. The molecule has 19 heavy (non-hydrogen) atoms. The van der Waals surface area contributed by atoms with Crippen molar-refractivity contribution < 1.29 is 8.42 Å². The predicted molar refractivity (Wildman–Crippen MR) is 82.6 cm³/mol. The molecular formula is C12H25N3O2S2. The van der Waals surface area contributed by atoms with Crippen molar-refractivity contribution in [3.05, 3.63) is 0 Å². The Morgan fingerprint density at radius 1 is 1.26 bits per heavy atom. The molecule has 0 aromatic rings. The first-order valence-corrected chi connectivity index (χ1v) is 8.80. The van der Waals surface area contributed by atoms with Crippen LogP contribution in [-0.4, -0.2) is 60.6 Å². The Morgan fingerprint density at radius 3 is 2.16 bits per heavy atom. The Kier molecular flexibility index (Phi) is 6.16. The molecule has 0 spiro atoms. The molecule has 0 amide bonds. The van der Waals surface area contributed by atoms with E-state index in [1.54, 1.807) is 4.31 Å². The Labute approximate surface area is 122 Å². The number of piperazine rings is 1. The lowest BCUT2D eigenvalue weighted by atomic mass is 10.1. The van der Waals surface area contributed by atoms with Crippen molar-refractivity contribution in [1.29, 1.82) is 0 Å². The van der Waals surface area contributed by atoms with E-state index in [1.165, 1.54) is 0 Å². The largest absolute Gasteiger partial charge is 0.392 e. The predicted octanol–water partition coefficient (Wildman–Crippen LogP) is 0.655. The lowest BCUT2D eigenvalue weighted by Crippen LogP contribution is -2.55. The molecule has 0 aliphatic carbocycles. The minimum Gasteiger partial charge on any atom is -0.392 e. The van der Waals surface area contributed by atoms with Crippen LogP contribution in [0.15, 0.2) is 0 Å². The molecule has 1 fully saturated rings. The summed E-state index contributed by atoms with van der Waals surface area (Å²) in [5, 5.41) is 0. The van der Waals surface area contributed by atoms with Gasteiger partial charge in [0.15, 0.2) is 0 Å². The molecule has 0 aromatic heterocycles. The second-order valence-corrected chi connectivity index (χ2v) is 7.92. The fraction of sp³-hybridized carbons (Fsp3) is 0.917. The normalized spacial score (nSPS) is 20.6. The van der Waals surface area contributed by atoms with E-state index in [4.69, 9.17) is 18.0 Å². The molecule has 112 valence electrons. The minimum absolute atomic E-state index is 0.0879. The minimum atomic E-state index is -3.12. The highest BCUT2D eigenvalue weighted by Crippen LogP contribution is 2.14. The van der Waals surface area contributed by atoms with Gasteiger partial charge in [0.25, 0.3) is 0 Å². The van der Waals surface area contributed by atoms with Gasteiger partial charge in [-0.3, -0.25) is 4.90 Å². The summed E-state index contributed by atoms with van der Waals surface area (Å²) < 4.78 is 25.9. The van der Waals surface area contributed by atoms with Gasteiger partial charge in [-0.15, -0.1) is 0 Å². The van der Waals surface area contributed by atoms with Gasteiger partial charge in [0.1, 0.15) is 0 Å². The molecular weight excluding hydrogens is 282 g/mol. The summed E-state index contributed by atoms with van der Waals surface area (Å²) in [5.74, 6) is 0.377. The summed E-state index contributed by atoms with van der Waals surface area (Å²) in [5.41, 5.74) is 5.72. The molecule has 1 saturated heterocycles. The fourth-order valence-corrected chi connectivity index (χ4v) is 4.55. The highest BCUT2D eigenvalue weighted by molar-refractivity contribution is 7.89. The zero-order valence-electron chi connectivity index (χ0n) is 12.0. The number of sulfonamides is 1. The average molecular weight is 307 g/mol. The molecule has 0 bridgehead atoms. The summed E-state index contributed by atoms with van der Waals surface area (Å²) in [4.78, 5) is 2.69. The van der Waals surface area contributed by atoms with Gasteiger partial charge in [-0.05, 0) is 12.3 Å². The Morgan fingerprint density at radius 2 is 1.79 bits per heavy atom. The summed E-state index contributed by atoms with van der Waals surface area (Å²) in [7, 11) is -3.12. The van der Waals surface area contributed by atoms with Gasteiger partial charge in [0, 0.05) is 26.2 Å². The van der Waals surface area contributed by atoms with Gasteiger partial charge in [-0.1, -0.05) is 33.0 Å².